The second-order valence-corrected chi connectivity index (χ2v) is 6.97. The Bertz CT molecular complexity index is 690. The number of rotatable bonds is 5. The zero-order chi connectivity index (χ0) is 15.8. The summed E-state index contributed by atoms with van der Waals surface area (Å²) in [5, 5.41) is 4.39. The summed E-state index contributed by atoms with van der Waals surface area (Å²) in [6.07, 6.45) is 5.76. The number of nitrogens with two attached hydrogens (primary N) is 1. The second kappa shape index (κ2) is 6.10. The van der Waals surface area contributed by atoms with Crippen LogP contribution in [0.4, 0.5) is 0 Å². The molecule has 1 aromatic carbocycles. The molecule has 0 radical (unpaired) electrons. The zero-order valence-corrected chi connectivity index (χ0v) is 13.6. The molecule has 2 saturated carbocycles. The summed E-state index contributed by atoms with van der Waals surface area (Å²) in [5.74, 6) is 1.57. The maximum Gasteiger partial charge on any atom is 0.145 e. The molecular weight excluding hydrogens is 288 g/mol. The molecule has 0 spiro atoms. The average molecular weight is 312 g/mol. The van der Waals surface area contributed by atoms with Gasteiger partial charge in [-0.25, -0.2) is 0 Å². The van der Waals surface area contributed by atoms with E-state index in [0.29, 0.717) is 18.6 Å². The van der Waals surface area contributed by atoms with E-state index in [4.69, 9.17) is 15.0 Å². The van der Waals surface area contributed by atoms with Crippen molar-refractivity contribution in [1.29, 1.82) is 0 Å². The Kier molecular flexibility index (Phi) is 3.95. The lowest BCUT2D eigenvalue weighted by molar-refractivity contribution is 0.0442. The lowest BCUT2D eigenvalue weighted by Crippen LogP contribution is -2.17. The van der Waals surface area contributed by atoms with Crippen LogP contribution in [0.5, 0.6) is 0 Å². The van der Waals surface area contributed by atoms with Crippen LogP contribution < -0.4 is 5.73 Å². The van der Waals surface area contributed by atoms with E-state index in [1.54, 1.807) is 0 Å². The summed E-state index contributed by atoms with van der Waals surface area (Å²) in [5.41, 5.74) is 10.4. The molecule has 122 valence electrons. The number of aryl methyl sites for hydroxylation is 1. The minimum atomic E-state index is 0.275. The SMILES string of the molecule is Cc1ccccc1-c1noc(C2CC2)c1COC1CC[C@@H](N)C1. The second-order valence-electron chi connectivity index (χ2n) is 6.97. The first-order valence-electron chi connectivity index (χ1n) is 8.64. The Morgan fingerprint density at radius 1 is 1.22 bits per heavy atom. The Morgan fingerprint density at radius 2 is 2.04 bits per heavy atom. The highest BCUT2D eigenvalue weighted by atomic mass is 16.5. The molecule has 0 bridgehead atoms. The Labute approximate surface area is 137 Å². The van der Waals surface area contributed by atoms with Crippen molar-refractivity contribution in [3.63, 3.8) is 0 Å². The Morgan fingerprint density at radius 3 is 2.74 bits per heavy atom. The molecular formula is C19H24N2O2. The predicted molar refractivity (Wildman–Crippen MR) is 89.1 cm³/mol. The number of benzene rings is 1. The maximum atomic E-state index is 6.16. The number of ether oxygens (including phenoxy) is 1. The fourth-order valence-corrected chi connectivity index (χ4v) is 3.50. The van der Waals surface area contributed by atoms with Crippen molar-refractivity contribution < 1.29 is 9.26 Å². The van der Waals surface area contributed by atoms with Gasteiger partial charge in [-0.05, 0) is 44.6 Å². The van der Waals surface area contributed by atoms with Crippen LogP contribution in [0, 0.1) is 6.92 Å². The van der Waals surface area contributed by atoms with E-state index in [2.05, 4.69) is 36.3 Å². The summed E-state index contributed by atoms with van der Waals surface area (Å²) in [6, 6.07) is 8.62. The molecule has 1 unspecified atom stereocenters. The normalized spacial score (nSPS) is 24.3. The minimum Gasteiger partial charge on any atom is -0.373 e. The van der Waals surface area contributed by atoms with Gasteiger partial charge in [-0.1, -0.05) is 29.4 Å². The highest BCUT2D eigenvalue weighted by molar-refractivity contribution is 5.67. The molecule has 0 saturated heterocycles. The third-order valence-corrected chi connectivity index (χ3v) is 5.06. The summed E-state index contributed by atoms with van der Waals surface area (Å²) >= 11 is 0. The van der Waals surface area contributed by atoms with Crippen LogP contribution in [0.2, 0.25) is 0 Å². The van der Waals surface area contributed by atoms with E-state index in [1.807, 2.05) is 0 Å². The third-order valence-electron chi connectivity index (χ3n) is 5.06. The molecule has 0 amide bonds. The average Bonchev–Trinajstić information content (AvgIpc) is 3.17. The van der Waals surface area contributed by atoms with Crippen LogP contribution in [0.1, 0.15) is 54.9 Å². The summed E-state index contributed by atoms with van der Waals surface area (Å²) in [6.45, 7) is 2.69. The maximum absolute atomic E-state index is 6.16. The largest absolute Gasteiger partial charge is 0.373 e. The predicted octanol–water partition coefficient (Wildman–Crippen LogP) is 3.92. The highest BCUT2D eigenvalue weighted by Crippen LogP contribution is 2.44. The minimum absolute atomic E-state index is 0.275. The van der Waals surface area contributed by atoms with Gasteiger partial charge in [-0.15, -0.1) is 0 Å². The molecule has 4 nitrogen and oxygen atoms in total. The third kappa shape index (κ3) is 3.06. The van der Waals surface area contributed by atoms with Crippen LogP contribution in [0.25, 0.3) is 11.3 Å². The Hall–Kier alpha value is -1.65. The van der Waals surface area contributed by atoms with Crippen LogP contribution >= 0.6 is 0 Å². The molecule has 4 heteroatoms. The topological polar surface area (TPSA) is 61.3 Å². The molecule has 1 heterocycles. The molecule has 2 aliphatic carbocycles. The molecule has 2 aromatic rings. The number of nitrogens with zero attached hydrogens (tertiary/aromatic N) is 1. The van der Waals surface area contributed by atoms with Gasteiger partial charge >= 0.3 is 0 Å². The number of hydrogen-bond acceptors (Lipinski definition) is 4. The molecule has 2 aliphatic rings. The van der Waals surface area contributed by atoms with Gasteiger partial charge in [-0.3, -0.25) is 0 Å². The standard InChI is InChI=1S/C19H24N2O2/c1-12-4-2-3-5-16(12)18-17(19(23-21-18)13-6-7-13)11-22-15-9-8-14(20)10-15/h2-5,13-15H,6-11,20H2,1H3/t14-,15?/m1/s1. The van der Waals surface area contributed by atoms with E-state index in [0.717, 1.165) is 41.8 Å². The fraction of sp³-hybridized carbons (Fsp3) is 0.526. The van der Waals surface area contributed by atoms with E-state index in [1.165, 1.54) is 18.4 Å². The van der Waals surface area contributed by atoms with Crippen molar-refractivity contribution in [2.75, 3.05) is 0 Å². The molecule has 2 atom stereocenters. The first-order valence-corrected chi connectivity index (χ1v) is 8.64. The smallest absolute Gasteiger partial charge is 0.145 e. The van der Waals surface area contributed by atoms with E-state index >= 15 is 0 Å². The van der Waals surface area contributed by atoms with E-state index < -0.39 is 0 Å². The van der Waals surface area contributed by atoms with Gasteiger partial charge in [0.2, 0.25) is 0 Å². The van der Waals surface area contributed by atoms with Gasteiger partial charge in [0, 0.05) is 23.1 Å². The van der Waals surface area contributed by atoms with Crippen molar-refractivity contribution in [1.82, 2.24) is 5.16 Å². The molecule has 1 aromatic heterocycles. The van der Waals surface area contributed by atoms with Crippen molar-refractivity contribution in [3.05, 3.63) is 41.2 Å². The number of hydrogen-bond donors (Lipinski definition) is 1. The van der Waals surface area contributed by atoms with Gasteiger partial charge in [0.25, 0.3) is 0 Å². The van der Waals surface area contributed by atoms with Gasteiger partial charge in [0.15, 0.2) is 0 Å². The molecule has 4 rings (SSSR count). The highest BCUT2D eigenvalue weighted by Gasteiger charge is 2.33. The van der Waals surface area contributed by atoms with Crippen molar-refractivity contribution >= 4 is 0 Å². The lowest BCUT2D eigenvalue weighted by atomic mass is 10.0. The van der Waals surface area contributed by atoms with Crippen LogP contribution in [-0.4, -0.2) is 17.3 Å². The van der Waals surface area contributed by atoms with Crippen molar-refractivity contribution in [2.45, 2.75) is 63.7 Å². The van der Waals surface area contributed by atoms with Gasteiger partial charge < -0.3 is 15.0 Å². The Balaban J connectivity index is 1.61. The molecule has 2 N–H and O–H groups in total. The fourth-order valence-electron chi connectivity index (χ4n) is 3.50. The van der Waals surface area contributed by atoms with Crippen molar-refractivity contribution in [2.24, 2.45) is 5.73 Å². The first kappa shape index (κ1) is 14.9. The van der Waals surface area contributed by atoms with Crippen molar-refractivity contribution in [3.8, 4) is 11.3 Å². The first-order chi connectivity index (χ1) is 11.2. The van der Waals surface area contributed by atoms with Crippen LogP contribution in [0.3, 0.4) is 0 Å². The number of aromatic nitrogens is 1. The summed E-state index contributed by atoms with van der Waals surface area (Å²) in [7, 11) is 0. The summed E-state index contributed by atoms with van der Waals surface area (Å²) < 4.78 is 11.9. The van der Waals surface area contributed by atoms with Gasteiger partial charge in [0.05, 0.1) is 12.7 Å². The van der Waals surface area contributed by atoms with Crippen LogP contribution in [0.15, 0.2) is 28.8 Å². The van der Waals surface area contributed by atoms with E-state index in [9.17, 15) is 0 Å². The lowest BCUT2D eigenvalue weighted by Gasteiger charge is -2.12. The van der Waals surface area contributed by atoms with Gasteiger partial charge in [0.1, 0.15) is 11.5 Å². The molecule has 23 heavy (non-hydrogen) atoms. The van der Waals surface area contributed by atoms with E-state index in [-0.39, 0.29) is 6.10 Å². The molecule has 0 aliphatic heterocycles. The molecule has 2 fully saturated rings. The van der Waals surface area contributed by atoms with Gasteiger partial charge in [-0.2, -0.15) is 0 Å². The quantitative estimate of drug-likeness (QED) is 0.909. The monoisotopic (exact) mass is 312 g/mol. The summed E-state index contributed by atoms with van der Waals surface area (Å²) in [4.78, 5) is 0. The van der Waals surface area contributed by atoms with Crippen LogP contribution in [-0.2, 0) is 11.3 Å². The zero-order valence-electron chi connectivity index (χ0n) is 13.6.